The van der Waals surface area contributed by atoms with E-state index in [2.05, 4.69) is 54.1 Å². The van der Waals surface area contributed by atoms with Crippen LogP contribution in [0.3, 0.4) is 0 Å². The van der Waals surface area contributed by atoms with E-state index in [1.165, 1.54) is 41.3 Å². The van der Waals surface area contributed by atoms with E-state index in [4.69, 9.17) is 46.7 Å². The first kappa shape index (κ1) is 80.6. The monoisotopic (exact) mass is 1550 g/mol. The molecule has 0 saturated carbocycles. The van der Waals surface area contributed by atoms with Crippen molar-refractivity contribution in [1.29, 1.82) is 5.26 Å². The fourth-order valence-corrected chi connectivity index (χ4v) is 14.4. The quantitative estimate of drug-likeness (QED) is 0.0140. The largest absolute Gasteiger partial charge is 0.497 e. The number of fused-ring (bicyclic) bond motifs is 4. The van der Waals surface area contributed by atoms with Gasteiger partial charge >= 0.3 is 26.4 Å². The van der Waals surface area contributed by atoms with Crippen molar-refractivity contribution in [2.24, 2.45) is 0 Å². The van der Waals surface area contributed by atoms with E-state index >= 15 is 0 Å². The zero-order valence-corrected chi connectivity index (χ0v) is 63.9. The second kappa shape index (κ2) is 38.8. The summed E-state index contributed by atoms with van der Waals surface area (Å²) in [5.74, 6) is -0.844. The number of nitriles is 1. The van der Waals surface area contributed by atoms with Crippen molar-refractivity contribution in [2.45, 2.75) is 114 Å². The van der Waals surface area contributed by atoms with E-state index < -0.39 is 74.4 Å². The molecule has 10 aromatic rings. The fourth-order valence-electron chi connectivity index (χ4n) is 13.3. The number of rotatable bonds is 38. The topological polar surface area (TPSA) is 336 Å². The molecule has 4 heterocycles. The number of esters is 1. The first-order valence-electron chi connectivity index (χ1n) is 36.8. The molecule has 0 bridgehead atoms. The molecule has 3 N–H and O–H groups in total. The van der Waals surface area contributed by atoms with Crippen LogP contribution >= 0.6 is 8.60 Å². The van der Waals surface area contributed by atoms with Crippen molar-refractivity contribution < 1.29 is 75.5 Å². The van der Waals surface area contributed by atoms with Gasteiger partial charge in [-0.05, 0) is 113 Å². The second-order valence-corrected chi connectivity index (χ2v) is 28.1. The maximum atomic E-state index is 13.9. The molecule has 0 radical (unpaired) electrons. The van der Waals surface area contributed by atoms with Crippen LogP contribution in [-0.4, -0.2) is 148 Å². The number of aromatic nitrogens is 6. The predicted molar refractivity (Wildman–Crippen MR) is 417 cm³/mol. The Labute approximate surface area is 653 Å². The van der Waals surface area contributed by atoms with Crippen LogP contribution < -0.4 is 31.1 Å². The molecule has 12 rings (SSSR count). The van der Waals surface area contributed by atoms with Gasteiger partial charge in [0.05, 0.1) is 71.8 Å². The van der Waals surface area contributed by atoms with Gasteiger partial charge in [0.15, 0.2) is 17.0 Å². The average Bonchev–Trinajstić information content (AvgIpc) is 1.08. The number of ether oxygens (including phenoxy) is 7. The van der Waals surface area contributed by atoms with Crippen LogP contribution in [0, 0.1) is 11.3 Å². The summed E-state index contributed by atoms with van der Waals surface area (Å²) >= 11 is 0. The molecule has 1 aliphatic carbocycles. The van der Waals surface area contributed by atoms with Gasteiger partial charge in [-0.1, -0.05) is 146 Å². The van der Waals surface area contributed by atoms with Gasteiger partial charge in [0, 0.05) is 57.1 Å². The number of methoxy groups -OCH3 is 2. The molecule has 0 spiro atoms. The van der Waals surface area contributed by atoms with Crippen LogP contribution in [0.1, 0.15) is 114 Å². The maximum absolute atomic E-state index is 13.9. The van der Waals surface area contributed by atoms with Gasteiger partial charge in [-0.15, -0.1) is 0 Å². The number of hydrogen-bond donors (Lipinski definition) is 3. The summed E-state index contributed by atoms with van der Waals surface area (Å²) in [7, 11) is 2.29. The summed E-state index contributed by atoms with van der Waals surface area (Å²) in [6, 6.07) is 60.4. The van der Waals surface area contributed by atoms with Crippen molar-refractivity contribution >= 4 is 67.0 Å². The third-order valence-electron chi connectivity index (χ3n) is 19.2. The number of nitrogens with zero attached hydrogens (tertiary/aromatic N) is 8. The smallest absolute Gasteiger partial charge is 0.409 e. The summed E-state index contributed by atoms with van der Waals surface area (Å²) < 4.78 is 66.0. The summed E-state index contributed by atoms with van der Waals surface area (Å²) in [4.78, 5) is 112. The number of amides is 4. The van der Waals surface area contributed by atoms with Gasteiger partial charge in [-0.25, -0.2) is 24.5 Å². The van der Waals surface area contributed by atoms with Crippen LogP contribution in [0.2, 0.25) is 0 Å². The van der Waals surface area contributed by atoms with Crippen molar-refractivity contribution in [3.63, 3.8) is 0 Å². The molecule has 1 aliphatic heterocycles. The highest BCUT2D eigenvalue weighted by molar-refractivity contribution is 7.41. The van der Waals surface area contributed by atoms with Crippen molar-refractivity contribution in [1.82, 2.24) is 39.3 Å². The minimum atomic E-state index is -2.47. The van der Waals surface area contributed by atoms with Crippen molar-refractivity contribution in [2.75, 3.05) is 64.9 Å². The molecular weight excluding hydrogens is 1470 g/mol. The lowest BCUT2D eigenvalue weighted by molar-refractivity contribution is -0.153. The Morgan fingerprint density at radius 3 is 2.04 bits per heavy atom. The van der Waals surface area contributed by atoms with Crippen molar-refractivity contribution in [3.05, 3.63) is 262 Å². The Kier molecular flexibility index (Phi) is 27.7. The summed E-state index contributed by atoms with van der Waals surface area (Å²) in [6.07, 6.45) is -1.67. The number of carbonyl (C=O) groups excluding carboxylic acids is 6. The number of anilines is 2. The summed E-state index contributed by atoms with van der Waals surface area (Å²) in [5, 5.41) is 18.2. The zero-order valence-electron chi connectivity index (χ0n) is 63.0. The number of imidazole rings is 1. The number of nitrogens with one attached hydrogen (secondary N) is 3. The van der Waals surface area contributed by atoms with E-state index in [9.17, 15) is 38.8 Å². The highest BCUT2D eigenvalue weighted by Gasteiger charge is 2.43. The van der Waals surface area contributed by atoms with Crippen molar-refractivity contribution in [3.8, 4) is 28.7 Å². The molecule has 6 atom stereocenters. The van der Waals surface area contributed by atoms with Crippen LogP contribution in [0.25, 0.3) is 22.3 Å². The lowest BCUT2D eigenvalue weighted by Crippen LogP contribution is -2.40. The Bertz CT molecular complexity index is 4940. The van der Waals surface area contributed by atoms with Gasteiger partial charge in [0.2, 0.25) is 11.8 Å². The summed E-state index contributed by atoms with van der Waals surface area (Å²) in [6.45, 7) is 2.73. The Balaban J connectivity index is 0.745. The van der Waals surface area contributed by atoms with Gasteiger partial charge in [-0.3, -0.25) is 28.3 Å². The van der Waals surface area contributed by atoms with Crippen LogP contribution in [0.15, 0.2) is 212 Å². The first-order chi connectivity index (χ1) is 55.0. The molecule has 3 aromatic heterocycles. The lowest BCUT2D eigenvalue weighted by Gasteiger charge is -2.38. The fraction of sp³-hybridized carbons (Fsp3) is 0.310. The van der Waals surface area contributed by atoms with E-state index in [1.807, 2.05) is 146 Å². The molecule has 584 valence electrons. The molecule has 29 heteroatoms. The summed E-state index contributed by atoms with van der Waals surface area (Å²) in [5.41, 5.74) is 6.94. The average molecular weight is 1550 g/mol. The first-order valence-corrected chi connectivity index (χ1v) is 37.9. The minimum Gasteiger partial charge on any atom is -0.497 e. The lowest BCUT2D eigenvalue weighted by atomic mass is 9.80. The molecule has 6 unspecified atom stereocenters. The molecule has 113 heavy (non-hydrogen) atoms. The Morgan fingerprint density at radius 2 is 1.38 bits per heavy atom. The molecule has 4 amide bonds. The van der Waals surface area contributed by atoms with Gasteiger partial charge in [0.1, 0.15) is 72.9 Å². The van der Waals surface area contributed by atoms with E-state index in [1.54, 1.807) is 57.0 Å². The highest BCUT2D eigenvalue weighted by Crippen LogP contribution is 2.47. The molecule has 7 aromatic carbocycles. The number of Topliss-reactive ketones (excluding diaryl/α,β-unsaturated/α-hetero) is 1. The Morgan fingerprint density at radius 1 is 0.726 bits per heavy atom. The number of carbonyl (C=O) groups is 6. The van der Waals surface area contributed by atoms with Crippen LogP contribution in [-0.2, 0) is 81.7 Å². The van der Waals surface area contributed by atoms with Gasteiger partial charge in [0.25, 0.3) is 5.91 Å². The molecule has 28 nitrogen and oxygen atoms in total. The Hall–Kier alpha value is -11.9. The number of ketones is 1. The second-order valence-electron chi connectivity index (χ2n) is 26.9. The molecular formula is C84H86N11O17P. The SMILES string of the molecule is COc1ccc(C(OCC(OCn2cnc3c(NC(=O)c4ccc(CNC(=O)Cc5ccccc5)cc4)ncnc32)C(C)OP(OCCC#N)OCC2OC(n3ccc(NC(=O)CCCN(C)C(=O)OCC4c5ccccc5-c5ccccc54)nc3=O)CC2OC(=O)CCC(C)=O)(c2ccccc2)c2ccc(OC)cc2)cc1. The highest BCUT2D eigenvalue weighted by atomic mass is 31.2. The van der Waals surface area contributed by atoms with E-state index in [-0.39, 0.29) is 126 Å². The third kappa shape index (κ3) is 20.6. The maximum Gasteiger partial charge on any atom is 0.409 e. The predicted octanol–water partition coefficient (Wildman–Crippen LogP) is 12.3. The standard InChI is InChI=1S/C84H86N11O17P/c1-55(96)27-40-77(99)111-70-47-76(95-44-41-73(91-82(95)101)90-74(97)26-16-43-93(3)83(102)105-49-69-67-24-14-12-22-65(67)66-23-13-15-25-68(66)69)110-72(70)51-109-113(108-45-17-42-85)112-56(2)71(50-107-84(60-20-10-7-11-21-60,61-32-36-63(103-4)37-33-61)62-34-38-64(104-5)39-35-62)106-54-94-53-89-78-79(87-52-88-80(78)94)92-81(100)59-30-28-58(29-31-59)48-86-75(98)46-57-18-8-6-9-19-57/h6-15,18-25,28-39,41,44,52-53,56,69-72,76H,16-17,26-27,40,43,45-51,54H2,1-5H3,(H,86,98)(H,87,88,92,100)(H,90,91,97,101). The van der Waals surface area contributed by atoms with Crippen LogP contribution in [0.4, 0.5) is 16.4 Å². The van der Waals surface area contributed by atoms with Gasteiger partial charge < -0.3 is 72.4 Å². The van der Waals surface area contributed by atoms with E-state index in [0.29, 0.717) is 33.8 Å². The van der Waals surface area contributed by atoms with E-state index in [0.717, 1.165) is 38.9 Å². The van der Waals surface area contributed by atoms with Gasteiger partial charge in [-0.2, -0.15) is 10.2 Å². The molecule has 1 fully saturated rings. The number of benzene rings is 7. The minimum absolute atomic E-state index is 0.0171. The zero-order chi connectivity index (χ0) is 79.2. The number of hydrogen-bond acceptors (Lipinski definition) is 22. The van der Waals surface area contributed by atoms with Crippen LogP contribution in [0.5, 0.6) is 11.5 Å². The molecule has 2 aliphatic rings. The normalized spacial score (nSPS) is 15.2. The molecule has 1 saturated heterocycles. The third-order valence-corrected chi connectivity index (χ3v) is 20.5.